The van der Waals surface area contributed by atoms with Gasteiger partial charge in [0.05, 0.1) is 6.26 Å². The van der Waals surface area contributed by atoms with Gasteiger partial charge >= 0.3 is 11.9 Å². The summed E-state index contributed by atoms with van der Waals surface area (Å²) in [6, 6.07) is -0.872. The van der Waals surface area contributed by atoms with Crippen LogP contribution in [0.3, 0.4) is 0 Å². The van der Waals surface area contributed by atoms with Crippen LogP contribution >= 0.6 is 0 Å². The lowest BCUT2D eigenvalue weighted by atomic mass is 10.2. The van der Waals surface area contributed by atoms with Crippen molar-refractivity contribution in [1.82, 2.24) is 0 Å². The van der Waals surface area contributed by atoms with Gasteiger partial charge in [-0.05, 0) is 10.9 Å². The van der Waals surface area contributed by atoms with Crippen LogP contribution in [-0.4, -0.2) is 46.0 Å². The van der Waals surface area contributed by atoms with E-state index in [-0.39, 0.29) is 16.6 Å². The van der Waals surface area contributed by atoms with Crippen molar-refractivity contribution >= 4 is 22.8 Å². The Morgan fingerprint density at radius 1 is 1.46 bits per heavy atom. The second-order valence-electron chi connectivity index (χ2n) is 2.76. The van der Waals surface area contributed by atoms with Gasteiger partial charge in [-0.3, -0.25) is 4.79 Å². The molecule has 76 valence electrons. The third kappa shape index (κ3) is 6.41. The molecule has 0 aromatic heterocycles. The zero-order valence-electron chi connectivity index (χ0n) is 7.40. The molecule has 0 aliphatic heterocycles. The Morgan fingerprint density at radius 2 is 2.00 bits per heavy atom. The minimum atomic E-state index is -1.03. The average molecular weight is 208 g/mol. The summed E-state index contributed by atoms with van der Waals surface area (Å²) in [6.07, 6.45) is 2.13. The number of hydrogen-bond donors (Lipinski definition) is 3. The van der Waals surface area contributed by atoms with E-state index in [1.54, 1.807) is 6.26 Å². The predicted octanol–water partition coefficient (Wildman–Crippen LogP) is -0.879. The van der Waals surface area contributed by atoms with Crippen LogP contribution in [0, 0.1) is 0 Å². The molecule has 0 fully saturated rings. The molecular weight excluding hydrogens is 194 g/mol. The standard InChI is InChI=1S/C7H13NO4S/c1-13(4-6(9)10)3-2-5(8)7(11)12/h5H,2-4,8H2,1H3,(H-,9,10,11,12)/p+1/t5-,13?/m0/s1. The van der Waals surface area contributed by atoms with Crippen LogP contribution < -0.4 is 5.73 Å². The van der Waals surface area contributed by atoms with Gasteiger partial charge in [0.25, 0.3) is 0 Å². The molecule has 0 aromatic rings. The highest BCUT2D eigenvalue weighted by atomic mass is 32.2. The summed E-state index contributed by atoms with van der Waals surface area (Å²) >= 11 is 0. The minimum Gasteiger partial charge on any atom is -0.480 e. The SMILES string of the molecule is C[S+](CC[C@H](N)C(=O)O)CC(=O)O. The van der Waals surface area contributed by atoms with Gasteiger partial charge in [-0.2, -0.15) is 0 Å². The highest BCUT2D eigenvalue weighted by Crippen LogP contribution is 1.98. The summed E-state index contributed by atoms with van der Waals surface area (Å²) in [4.78, 5) is 20.5. The molecule has 0 aromatic carbocycles. The minimum absolute atomic E-state index is 0.0896. The Morgan fingerprint density at radius 3 is 2.38 bits per heavy atom. The van der Waals surface area contributed by atoms with E-state index in [9.17, 15) is 9.59 Å². The predicted molar refractivity (Wildman–Crippen MR) is 50.9 cm³/mol. The number of aliphatic carboxylic acids is 2. The molecule has 13 heavy (non-hydrogen) atoms. The largest absolute Gasteiger partial charge is 0.480 e. The summed E-state index contributed by atoms with van der Waals surface area (Å²) in [5.74, 6) is -1.24. The Labute approximate surface area is 79.3 Å². The summed E-state index contributed by atoms with van der Waals surface area (Å²) in [5, 5.41) is 16.9. The van der Waals surface area contributed by atoms with E-state index in [1.165, 1.54) is 0 Å². The van der Waals surface area contributed by atoms with Crippen LogP contribution in [0.2, 0.25) is 0 Å². The first-order valence-corrected chi connectivity index (χ1v) is 5.70. The molecule has 0 spiro atoms. The van der Waals surface area contributed by atoms with Gasteiger partial charge in [-0.25, -0.2) is 4.79 Å². The lowest BCUT2D eigenvalue weighted by Crippen LogP contribution is -2.33. The topological polar surface area (TPSA) is 101 Å². The van der Waals surface area contributed by atoms with E-state index in [0.29, 0.717) is 12.2 Å². The second kappa shape index (κ2) is 5.82. The van der Waals surface area contributed by atoms with Crippen LogP contribution in [0.15, 0.2) is 0 Å². The van der Waals surface area contributed by atoms with Crippen LogP contribution in [0.1, 0.15) is 6.42 Å². The van der Waals surface area contributed by atoms with Crippen molar-refractivity contribution in [3.05, 3.63) is 0 Å². The van der Waals surface area contributed by atoms with Crippen molar-refractivity contribution < 1.29 is 19.8 Å². The van der Waals surface area contributed by atoms with Crippen molar-refractivity contribution in [2.45, 2.75) is 12.5 Å². The fourth-order valence-electron chi connectivity index (χ4n) is 0.735. The summed E-state index contributed by atoms with van der Waals surface area (Å²) in [5.41, 5.74) is 5.25. The highest BCUT2D eigenvalue weighted by Gasteiger charge is 2.20. The fourth-order valence-corrected chi connectivity index (χ4v) is 1.96. The maximum absolute atomic E-state index is 10.3. The Kier molecular flexibility index (Phi) is 5.48. The van der Waals surface area contributed by atoms with Gasteiger partial charge in [-0.15, -0.1) is 0 Å². The van der Waals surface area contributed by atoms with Gasteiger partial charge in [-0.1, -0.05) is 0 Å². The maximum atomic E-state index is 10.3. The monoisotopic (exact) mass is 208 g/mol. The smallest absolute Gasteiger partial charge is 0.353 e. The first-order chi connectivity index (χ1) is 5.93. The molecule has 4 N–H and O–H groups in total. The first-order valence-electron chi connectivity index (χ1n) is 3.72. The number of carbonyl (C=O) groups is 2. The summed E-state index contributed by atoms with van der Waals surface area (Å²) < 4.78 is 0. The number of carboxylic acid groups (broad SMARTS) is 2. The van der Waals surface area contributed by atoms with Crippen molar-refractivity contribution in [1.29, 1.82) is 0 Å². The van der Waals surface area contributed by atoms with E-state index in [1.807, 2.05) is 0 Å². The Balaban J connectivity index is 3.63. The molecule has 0 aliphatic carbocycles. The molecule has 6 heteroatoms. The van der Waals surface area contributed by atoms with Gasteiger partial charge in [0.2, 0.25) is 5.75 Å². The summed E-state index contributed by atoms with van der Waals surface area (Å²) in [6.45, 7) is 0. The fraction of sp³-hybridized carbons (Fsp3) is 0.714. The highest BCUT2D eigenvalue weighted by molar-refractivity contribution is 7.96. The van der Waals surface area contributed by atoms with Gasteiger partial charge in [0, 0.05) is 6.42 Å². The molecule has 0 rings (SSSR count). The third-order valence-corrected chi connectivity index (χ3v) is 3.14. The molecule has 0 aliphatic rings. The Hall–Kier alpha value is -0.750. The molecule has 0 radical (unpaired) electrons. The first kappa shape index (κ1) is 12.2. The third-order valence-electron chi connectivity index (χ3n) is 1.46. The van der Waals surface area contributed by atoms with Crippen molar-refractivity contribution in [2.75, 3.05) is 17.8 Å². The summed E-state index contributed by atoms with van der Waals surface area (Å²) in [7, 11) is -0.280. The number of rotatable bonds is 6. The van der Waals surface area contributed by atoms with Crippen LogP contribution in [0.5, 0.6) is 0 Å². The normalized spacial score (nSPS) is 14.9. The molecule has 1 unspecified atom stereocenters. The van der Waals surface area contributed by atoms with E-state index in [4.69, 9.17) is 15.9 Å². The number of hydrogen-bond acceptors (Lipinski definition) is 3. The number of carboxylic acids is 2. The quantitative estimate of drug-likeness (QED) is 0.492. The van der Waals surface area contributed by atoms with Gasteiger partial charge in [0.15, 0.2) is 0 Å². The molecule has 0 saturated carbocycles. The van der Waals surface area contributed by atoms with E-state index in [2.05, 4.69) is 0 Å². The molecule has 0 saturated heterocycles. The Bertz CT molecular complexity index is 197. The molecule has 5 nitrogen and oxygen atoms in total. The molecule has 0 amide bonds. The molecule has 0 bridgehead atoms. The van der Waals surface area contributed by atoms with E-state index >= 15 is 0 Å². The molecule has 0 heterocycles. The van der Waals surface area contributed by atoms with Gasteiger partial charge < -0.3 is 15.9 Å². The van der Waals surface area contributed by atoms with Crippen molar-refractivity contribution in [2.24, 2.45) is 5.73 Å². The number of nitrogens with two attached hydrogens (primary N) is 1. The lowest BCUT2D eigenvalue weighted by Gasteiger charge is -2.04. The average Bonchev–Trinajstić information content (AvgIpc) is 1.98. The van der Waals surface area contributed by atoms with Crippen LogP contribution in [-0.2, 0) is 20.5 Å². The molecular formula is C7H14NO4S+. The lowest BCUT2D eigenvalue weighted by molar-refractivity contribution is -0.138. The molecule has 2 atom stereocenters. The van der Waals surface area contributed by atoms with Crippen molar-refractivity contribution in [3.63, 3.8) is 0 Å². The van der Waals surface area contributed by atoms with E-state index < -0.39 is 18.0 Å². The van der Waals surface area contributed by atoms with Gasteiger partial charge in [0.1, 0.15) is 11.8 Å². The second-order valence-corrected chi connectivity index (χ2v) is 5.02. The van der Waals surface area contributed by atoms with Crippen LogP contribution in [0.4, 0.5) is 0 Å². The zero-order valence-corrected chi connectivity index (χ0v) is 8.21. The van der Waals surface area contributed by atoms with Crippen LogP contribution in [0.25, 0.3) is 0 Å². The van der Waals surface area contributed by atoms with Crippen molar-refractivity contribution in [3.8, 4) is 0 Å². The zero-order chi connectivity index (χ0) is 10.4. The van der Waals surface area contributed by atoms with E-state index in [0.717, 1.165) is 0 Å². The maximum Gasteiger partial charge on any atom is 0.353 e.